The third-order valence-electron chi connectivity index (χ3n) is 4.91. The third-order valence-corrected chi connectivity index (χ3v) is 6.84. The van der Waals surface area contributed by atoms with Gasteiger partial charge in [-0.1, -0.05) is 42.1 Å². The van der Waals surface area contributed by atoms with Gasteiger partial charge in [-0.2, -0.15) is 0 Å². The second-order valence-electron chi connectivity index (χ2n) is 6.76. The minimum Gasteiger partial charge on any atom is -0.356 e. The van der Waals surface area contributed by atoms with Crippen LogP contribution in [0.2, 0.25) is 0 Å². The summed E-state index contributed by atoms with van der Waals surface area (Å²) in [7, 11) is 1.81. The van der Waals surface area contributed by atoms with Gasteiger partial charge >= 0.3 is 0 Å². The molecule has 1 fully saturated rings. The number of aliphatic imine (C=N–C) groups is 1. The lowest BCUT2D eigenvalue weighted by Gasteiger charge is -2.36. The molecule has 0 spiro atoms. The second-order valence-corrected chi connectivity index (χ2v) is 8.76. The van der Waals surface area contributed by atoms with Crippen molar-refractivity contribution in [1.29, 1.82) is 0 Å². The van der Waals surface area contributed by atoms with Gasteiger partial charge in [-0.3, -0.25) is 9.79 Å². The van der Waals surface area contributed by atoms with Crippen molar-refractivity contribution >= 4 is 49.9 Å². The Morgan fingerprint density at radius 2 is 2.07 bits per heavy atom. The fourth-order valence-corrected chi connectivity index (χ4v) is 5.39. The van der Waals surface area contributed by atoms with E-state index in [2.05, 4.69) is 34.7 Å². The summed E-state index contributed by atoms with van der Waals surface area (Å²) in [4.78, 5) is 17.1. The number of amides is 1. The minimum absolute atomic E-state index is 0.0716. The van der Waals surface area contributed by atoms with E-state index < -0.39 is 0 Å². The van der Waals surface area contributed by atoms with E-state index in [0.29, 0.717) is 0 Å². The van der Waals surface area contributed by atoms with Crippen LogP contribution < -0.4 is 10.6 Å². The first kappa shape index (κ1) is 18.1. The van der Waals surface area contributed by atoms with Crippen LogP contribution in [0.5, 0.6) is 0 Å². The van der Waals surface area contributed by atoms with Gasteiger partial charge in [-0.25, -0.2) is 0 Å². The largest absolute Gasteiger partial charge is 0.356 e. The van der Waals surface area contributed by atoms with Gasteiger partial charge < -0.3 is 10.6 Å². The van der Waals surface area contributed by atoms with Gasteiger partial charge in [0.2, 0.25) is 0 Å². The summed E-state index contributed by atoms with van der Waals surface area (Å²) >= 11 is 3.34. The van der Waals surface area contributed by atoms with Crippen molar-refractivity contribution in [2.75, 3.05) is 18.1 Å². The normalized spacial score (nSPS) is 21.2. The molecular weight excluding hydrogens is 374 g/mol. The standard InChI is InChI=1S/C21H21N3OS2/c1-21(10-11-26-20(22-2)24-21)14-6-5-7-15(12-14)23-19(25)17-13-27-18-9-4-3-8-16(17)18/h3-9,12-13H,10-11H2,1-2H3,(H,22,24)(H,23,25). The molecule has 1 aromatic heterocycles. The van der Waals surface area contributed by atoms with Crippen molar-refractivity contribution in [1.82, 2.24) is 5.32 Å². The highest BCUT2D eigenvalue weighted by Gasteiger charge is 2.31. The van der Waals surface area contributed by atoms with Crippen molar-refractivity contribution in [3.63, 3.8) is 0 Å². The zero-order chi connectivity index (χ0) is 18.9. The molecule has 0 saturated carbocycles. The van der Waals surface area contributed by atoms with Crippen LogP contribution in [0.3, 0.4) is 0 Å². The minimum atomic E-state index is -0.185. The molecule has 1 aliphatic rings. The summed E-state index contributed by atoms with van der Waals surface area (Å²) in [6.45, 7) is 2.19. The van der Waals surface area contributed by atoms with E-state index >= 15 is 0 Å². The Balaban J connectivity index is 1.58. The number of benzene rings is 2. The average molecular weight is 396 g/mol. The molecule has 1 atom stereocenters. The number of nitrogens with zero attached hydrogens (tertiary/aromatic N) is 1. The quantitative estimate of drug-likeness (QED) is 0.650. The molecule has 3 aromatic rings. The molecule has 1 aliphatic heterocycles. The van der Waals surface area contributed by atoms with E-state index in [0.717, 1.165) is 44.2 Å². The van der Waals surface area contributed by atoms with Crippen LogP contribution in [0, 0.1) is 0 Å². The molecule has 4 nitrogen and oxygen atoms in total. The number of anilines is 1. The Kier molecular flexibility index (Phi) is 4.93. The maximum atomic E-state index is 12.8. The van der Waals surface area contributed by atoms with Gasteiger partial charge in [0.15, 0.2) is 5.17 Å². The van der Waals surface area contributed by atoms with Crippen molar-refractivity contribution < 1.29 is 4.79 Å². The number of thiophene rings is 1. The number of nitrogens with one attached hydrogen (secondary N) is 2. The summed E-state index contributed by atoms with van der Waals surface area (Å²) < 4.78 is 1.12. The van der Waals surface area contributed by atoms with Gasteiger partial charge in [0.1, 0.15) is 0 Å². The fraction of sp³-hybridized carbons (Fsp3) is 0.238. The van der Waals surface area contributed by atoms with E-state index in [1.165, 1.54) is 0 Å². The molecule has 0 aliphatic carbocycles. The number of rotatable bonds is 3. The maximum Gasteiger partial charge on any atom is 0.257 e. The van der Waals surface area contributed by atoms with Gasteiger partial charge in [0, 0.05) is 34.0 Å². The van der Waals surface area contributed by atoms with E-state index in [4.69, 9.17) is 0 Å². The van der Waals surface area contributed by atoms with Crippen molar-refractivity contribution in [3.8, 4) is 0 Å². The molecule has 27 heavy (non-hydrogen) atoms. The molecule has 4 rings (SSSR count). The molecule has 2 N–H and O–H groups in total. The van der Waals surface area contributed by atoms with Crippen LogP contribution in [0.1, 0.15) is 29.3 Å². The molecule has 1 unspecified atom stereocenters. The molecular formula is C21H21N3OS2. The fourth-order valence-electron chi connectivity index (χ4n) is 3.32. The van der Waals surface area contributed by atoms with E-state index in [1.54, 1.807) is 23.1 Å². The highest BCUT2D eigenvalue weighted by Crippen LogP contribution is 2.33. The molecule has 2 aromatic carbocycles. The van der Waals surface area contributed by atoms with Crippen molar-refractivity contribution in [2.24, 2.45) is 4.99 Å². The predicted octanol–water partition coefficient (Wildman–Crippen LogP) is 5.08. The molecule has 138 valence electrons. The van der Waals surface area contributed by atoms with Gasteiger partial charge in [-0.05, 0) is 37.1 Å². The van der Waals surface area contributed by atoms with Crippen molar-refractivity contribution in [2.45, 2.75) is 18.9 Å². The number of amidine groups is 1. The number of fused-ring (bicyclic) bond motifs is 1. The average Bonchev–Trinajstić information content (AvgIpc) is 3.12. The Morgan fingerprint density at radius 1 is 1.22 bits per heavy atom. The summed E-state index contributed by atoms with van der Waals surface area (Å²) in [6, 6.07) is 16.1. The molecule has 0 bridgehead atoms. The lowest BCUT2D eigenvalue weighted by molar-refractivity contribution is 0.102. The Labute approximate surface area is 167 Å². The Hall–Kier alpha value is -2.31. The summed E-state index contributed by atoms with van der Waals surface area (Å²) in [5.74, 6) is 0.950. The highest BCUT2D eigenvalue weighted by molar-refractivity contribution is 8.13. The Bertz CT molecular complexity index is 1030. The molecule has 0 radical (unpaired) electrons. The summed E-state index contributed by atoms with van der Waals surface area (Å²) in [6.07, 6.45) is 1.00. The van der Waals surface area contributed by atoms with Gasteiger partial charge in [0.05, 0.1) is 11.1 Å². The second kappa shape index (κ2) is 7.37. The molecule has 1 amide bonds. The van der Waals surface area contributed by atoms with E-state index in [1.807, 2.05) is 48.8 Å². The van der Waals surface area contributed by atoms with Crippen LogP contribution in [-0.2, 0) is 5.54 Å². The van der Waals surface area contributed by atoms with E-state index in [9.17, 15) is 4.79 Å². The number of hydrogen-bond acceptors (Lipinski definition) is 4. The van der Waals surface area contributed by atoms with Crippen LogP contribution in [0.4, 0.5) is 5.69 Å². The number of thioether (sulfide) groups is 1. The summed E-state index contributed by atoms with van der Waals surface area (Å²) in [5, 5.41) is 10.5. The molecule has 1 saturated heterocycles. The first-order chi connectivity index (χ1) is 13.1. The first-order valence-electron chi connectivity index (χ1n) is 8.85. The molecule has 2 heterocycles. The van der Waals surface area contributed by atoms with Gasteiger partial charge in [0.25, 0.3) is 5.91 Å². The lowest BCUT2D eigenvalue weighted by Crippen LogP contribution is -2.46. The highest BCUT2D eigenvalue weighted by atomic mass is 32.2. The van der Waals surface area contributed by atoms with Crippen LogP contribution in [-0.4, -0.2) is 23.9 Å². The number of hydrogen-bond donors (Lipinski definition) is 2. The molecule has 6 heteroatoms. The van der Waals surface area contributed by atoms with E-state index in [-0.39, 0.29) is 11.4 Å². The van der Waals surface area contributed by atoms with Crippen LogP contribution in [0.15, 0.2) is 58.9 Å². The smallest absolute Gasteiger partial charge is 0.257 e. The number of carbonyl (C=O) groups excluding carboxylic acids is 1. The first-order valence-corrected chi connectivity index (χ1v) is 10.7. The lowest BCUT2D eigenvalue weighted by atomic mass is 9.89. The summed E-state index contributed by atoms with van der Waals surface area (Å²) in [5.41, 5.74) is 2.50. The monoisotopic (exact) mass is 395 g/mol. The zero-order valence-electron chi connectivity index (χ0n) is 15.3. The third kappa shape index (κ3) is 3.59. The van der Waals surface area contributed by atoms with Crippen LogP contribution >= 0.6 is 23.1 Å². The zero-order valence-corrected chi connectivity index (χ0v) is 16.9. The van der Waals surface area contributed by atoms with Gasteiger partial charge in [-0.15, -0.1) is 11.3 Å². The predicted molar refractivity (Wildman–Crippen MR) is 117 cm³/mol. The van der Waals surface area contributed by atoms with Crippen molar-refractivity contribution in [3.05, 3.63) is 65.0 Å². The Morgan fingerprint density at radius 3 is 2.93 bits per heavy atom. The maximum absolute atomic E-state index is 12.8. The van der Waals surface area contributed by atoms with Crippen LogP contribution in [0.25, 0.3) is 10.1 Å². The SMILES string of the molecule is CN=C1NC(C)(c2cccc(NC(=O)c3csc4ccccc34)c2)CCS1. The topological polar surface area (TPSA) is 53.5 Å². The number of carbonyl (C=O) groups is 1.